The van der Waals surface area contributed by atoms with E-state index < -0.39 is 11.8 Å². The van der Waals surface area contributed by atoms with Gasteiger partial charge in [-0.2, -0.15) is 0 Å². The van der Waals surface area contributed by atoms with E-state index in [9.17, 15) is 14.0 Å². The lowest BCUT2D eigenvalue weighted by atomic mass is 9.79. The smallest absolute Gasteiger partial charge is 0.331 e. The van der Waals surface area contributed by atoms with Crippen LogP contribution >= 0.6 is 11.6 Å². The molecule has 1 aliphatic heterocycles. The van der Waals surface area contributed by atoms with Gasteiger partial charge >= 0.3 is 5.97 Å². The summed E-state index contributed by atoms with van der Waals surface area (Å²) in [5.74, 6) is -1.62. The summed E-state index contributed by atoms with van der Waals surface area (Å²) in [4.78, 5) is 26.6. The minimum absolute atomic E-state index is 0.0524. The number of morpholine rings is 1. The summed E-state index contributed by atoms with van der Waals surface area (Å²) in [6.07, 6.45) is 7.90. The number of carbonyl (C=O) groups excluding carboxylic acids is 2. The van der Waals surface area contributed by atoms with Gasteiger partial charge in [0.1, 0.15) is 5.82 Å². The van der Waals surface area contributed by atoms with Crippen molar-refractivity contribution in [3.8, 4) is 0 Å². The van der Waals surface area contributed by atoms with E-state index in [1.807, 2.05) is 0 Å². The van der Waals surface area contributed by atoms with Crippen molar-refractivity contribution < 1.29 is 23.5 Å². The van der Waals surface area contributed by atoms with E-state index in [1.165, 1.54) is 30.7 Å². The lowest BCUT2D eigenvalue weighted by molar-refractivity contribution is -0.144. The van der Waals surface area contributed by atoms with E-state index in [2.05, 4.69) is 10.2 Å². The molecular formula is C22H28ClFN2O4. The van der Waals surface area contributed by atoms with Crippen LogP contribution in [0.4, 0.5) is 4.39 Å². The van der Waals surface area contributed by atoms with Gasteiger partial charge in [0.05, 0.1) is 18.2 Å². The molecule has 164 valence electrons. The maximum atomic E-state index is 13.7. The Kier molecular flexibility index (Phi) is 8.24. The monoisotopic (exact) mass is 438 g/mol. The molecular weight excluding hydrogens is 411 g/mol. The number of carbonyl (C=O) groups is 2. The highest BCUT2D eigenvalue weighted by molar-refractivity contribution is 6.32. The summed E-state index contributed by atoms with van der Waals surface area (Å²) in [5, 5.41) is 3.13. The molecule has 0 atom stereocenters. The van der Waals surface area contributed by atoms with Crippen LogP contribution in [0, 0.1) is 5.82 Å². The SMILES string of the molecule is O=C(COC(=O)/C=C/c1c(F)cccc1Cl)NCC1(N2CCOCC2)CCCCC1. The van der Waals surface area contributed by atoms with E-state index in [0.29, 0.717) is 19.8 Å². The predicted octanol–water partition coefficient (Wildman–Crippen LogP) is 3.19. The van der Waals surface area contributed by atoms with Crippen molar-refractivity contribution in [1.29, 1.82) is 0 Å². The number of halogens is 2. The quantitative estimate of drug-likeness (QED) is 0.523. The third-order valence-corrected chi connectivity index (χ3v) is 6.14. The second-order valence-electron chi connectivity index (χ2n) is 7.74. The van der Waals surface area contributed by atoms with E-state index in [4.69, 9.17) is 21.1 Å². The number of benzene rings is 1. The van der Waals surface area contributed by atoms with Crippen LogP contribution in [0.25, 0.3) is 6.08 Å². The second-order valence-corrected chi connectivity index (χ2v) is 8.14. The Bertz CT molecular complexity index is 754. The van der Waals surface area contributed by atoms with Crippen LogP contribution in [-0.4, -0.2) is 61.8 Å². The zero-order valence-corrected chi connectivity index (χ0v) is 17.8. The van der Waals surface area contributed by atoms with Crippen molar-refractivity contribution in [3.05, 3.63) is 40.7 Å². The molecule has 1 aromatic rings. The molecule has 1 amide bonds. The topological polar surface area (TPSA) is 67.9 Å². The fourth-order valence-corrected chi connectivity index (χ4v) is 4.40. The number of hydrogen-bond acceptors (Lipinski definition) is 5. The van der Waals surface area contributed by atoms with Gasteiger partial charge in [-0.1, -0.05) is 36.9 Å². The zero-order chi connectivity index (χ0) is 21.4. The van der Waals surface area contributed by atoms with Gasteiger partial charge in [-0.15, -0.1) is 0 Å². The third kappa shape index (κ3) is 6.03. The van der Waals surface area contributed by atoms with Gasteiger partial charge in [-0.25, -0.2) is 9.18 Å². The van der Waals surface area contributed by atoms with Crippen molar-refractivity contribution in [1.82, 2.24) is 10.2 Å². The van der Waals surface area contributed by atoms with E-state index in [0.717, 1.165) is 44.8 Å². The number of nitrogens with zero attached hydrogens (tertiary/aromatic N) is 1. The van der Waals surface area contributed by atoms with Gasteiger partial charge in [0.15, 0.2) is 6.61 Å². The summed E-state index contributed by atoms with van der Waals surface area (Å²) < 4.78 is 24.2. The zero-order valence-electron chi connectivity index (χ0n) is 17.0. The molecule has 1 heterocycles. The summed E-state index contributed by atoms with van der Waals surface area (Å²) in [6.45, 7) is 3.32. The molecule has 6 nitrogen and oxygen atoms in total. The van der Waals surface area contributed by atoms with Gasteiger partial charge in [0.2, 0.25) is 0 Å². The number of nitrogens with one attached hydrogen (secondary N) is 1. The largest absolute Gasteiger partial charge is 0.452 e. The van der Waals surface area contributed by atoms with Crippen LogP contribution in [0.3, 0.4) is 0 Å². The molecule has 0 radical (unpaired) electrons. The van der Waals surface area contributed by atoms with Gasteiger partial charge in [0.25, 0.3) is 5.91 Å². The number of hydrogen-bond donors (Lipinski definition) is 1. The normalized spacial score (nSPS) is 19.5. The fraction of sp³-hybridized carbons (Fsp3) is 0.545. The molecule has 30 heavy (non-hydrogen) atoms. The average molecular weight is 439 g/mol. The lowest BCUT2D eigenvalue weighted by Crippen LogP contribution is -2.59. The van der Waals surface area contributed by atoms with Crippen molar-refractivity contribution in [2.75, 3.05) is 39.5 Å². The Morgan fingerprint density at radius 3 is 2.67 bits per heavy atom. The molecule has 3 rings (SSSR count). The Labute approximate surface area is 181 Å². The highest BCUT2D eigenvalue weighted by Crippen LogP contribution is 2.33. The van der Waals surface area contributed by atoms with Crippen molar-refractivity contribution >= 4 is 29.6 Å². The molecule has 0 bridgehead atoms. The van der Waals surface area contributed by atoms with Gasteiger partial charge < -0.3 is 14.8 Å². The highest BCUT2D eigenvalue weighted by atomic mass is 35.5. The first-order valence-electron chi connectivity index (χ1n) is 10.4. The molecule has 0 spiro atoms. The number of rotatable bonds is 7. The molecule has 1 N–H and O–H groups in total. The number of esters is 1. The maximum absolute atomic E-state index is 13.7. The maximum Gasteiger partial charge on any atom is 0.331 e. The fourth-order valence-electron chi connectivity index (χ4n) is 4.17. The van der Waals surface area contributed by atoms with Crippen LogP contribution in [-0.2, 0) is 19.1 Å². The summed E-state index contributed by atoms with van der Waals surface area (Å²) in [6, 6.07) is 4.26. The number of ether oxygens (including phenoxy) is 2. The first-order chi connectivity index (χ1) is 14.5. The Hall–Kier alpha value is -1.96. The Balaban J connectivity index is 1.48. The first-order valence-corrected chi connectivity index (χ1v) is 10.8. The van der Waals surface area contributed by atoms with Gasteiger partial charge in [-0.05, 0) is 31.1 Å². The van der Waals surface area contributed by atoms with Crippen LogP contribution < -0.4 is 5.32 Å². The Morgan fingerprint density at radius 2 is 1.97 bits per heavy atom. The molecule has 1 aromatic carbocycles. The van der Waals surface area contributed by atoms with Gasteiger partial charge in [0, 0.05) is 36.8 Å². The van der Waals surface area contributed by atoms with Crippen LogP contribution in [0.5, 0.6) is 0 Å². The van der Waals surface area contributed by atoms with Crippen molar-refractivity contribution in [2.24, 2.45) is 0 Å². The van der Waals surface area contributed by atoms with Crippen molar-refractivity contribution in [2.45, 2.75) is 37.6 Å². The molecule has 0 unspecified atom stereocenters. The standard InChI is InChI=1S/C22H28ClFN2O4/c23-18-5-4-6-19(24)17(18)7-8-21(28)30-15-20(27)25-16-22(9-2-1-3-10-22)26-11-13-29-14-12-26/h4-8H,1-3,9-16H2,(H,25,27)/b8-7+. The third-order valence-electron chi connectivity index (χ3n) is 5.81. The molecule has 0 aromatic heterocycles. The molecule has 1 aliphatic carbocycles. The van der Waals surface area contributed by atoms with Crippen LogP contribution in [0.15, 0.2) is 24.3 Å². The predicted molar refractivity (Wildman–Crippen MR) is 113 cm³/mol. The van der Waals surface area contributed by atoms with Gasteiger partial charge in [-0.3, -0.25) is 9.69 Å². The van der Waals surface area contributed by atoms with E-state index in [1.54, 1.807) is 0 Å². The minimum Gasteiger partial charge on any atom is -0.452 e. The van der Waals surface area contributed by atoms with Crippen molar-refractivity contribution in [3.63, 3.8) is 0 Å². The number of amides is 1. The summed E-state index contributed by atoms with van der Waals surface area (Å²) >= 11 is 5.91. The average Bonchev–Trinajstić information content (AvgIpc) is 2.77. The lowest BCUT2D eigenvalue weighted by Gasteiger charge is -2.48. The Morgan fingerprint density at radius 1 is 1.23 bits per heavy atom. The van der Waals surface area contributed by atoms with E-state index >= 15 is 0 Å². The van der Waals surface area contributed by atoms with Crippen LogP contribution in [0.2, 0.25) is 5.02 Å². The molecule has 1 saturated heterocycles. The molecule has 1 saturated carbocycles. The highest BCUT2D eigenvalue weighted by Gasteiger charge is 2.38. The second kappa shape index (κ2) is 10.9. The summed E-state index contributed by atoms with van der Waals surface area (Å²) in [7, 11) is 0. The molecule has 8 heteroatoms. The minimum atomic E-state index is -0.731. The van der Waals surface area contributed by atoms with Crippen LogP contribution in [0.1, 0.15) is 37.7 Å². The van der Waals surface area contributed by atoms with E-state index in [-0.39, 0.29) is 28.6 Å². The molecule has 2 aliphatic rings. The summed E-state index contributed by atoms with van der Waals surface area (Å²) in [5.41, 5.74) is 0.0498. The molecule has 2 fully saturated rings. The first kappa shape index (κ1) is 22.7.